The maximum atomic E-state index is 12.1. The summed E-state index contributed by atoms with van der Waals surface area (Å²) in [6.07, 6.45) is 2.75. The summed E-state index contributed by atoms with van der Waals surface area (Å²) in [5, 5.41) is 3.32. The van der Waals surface area contributed by atoms with E-state index in [0.29, 0.717) is 5.69 Å². The zero-order chi connectivity index (χ0) is 10.4. The Morgan fingerprint density at radius 1 is 1.50 bits per heavy atom. The van der Waals surface area contributed by atoms with Gasteiger partial charge in [0.15, 0.2) is 0 Å². The Hall–Kier alpha value is -1.09. The molecule has 1 unspecified atom stereocenters. The van der Waals surface area contributed by atoms with E-state index in [9.17, 15) is 4.39 Å². The summed E-state index contributed by atoms with van der Waals surface area (Å²) in [4.78, 5) is 0. The van der Waals surface area contributed by atoms with Gasteiger partial charge in [-0.3, -0.25) is 0 Å². The molecular weight excluding hydrogens is 179 g/mol. The van der Waals surface area contributed by atoms with Crippen LogP contribution in [0.25, 0.3) is 0 Å². The van der Waals surface area contributed by atoms with Gasteiger partial charge in [0.05, 0.1) is 0 Å². The van der Waals surface area contributed by atoms with Gasteiger partial charge in [0.25, 0.3) is 0 Å². The number of nitrogens with one attached hydrogen (secondary N) is 1. The van der Waals surface area contributed by atoms with E-state index in [1.165, 1.54) is 31.5 Å². The maximum absolute atomic E-state index is 12.1. The minimum atomic E-state index is -0.287. The average Bonchev–Trinajstić information content (AvgIpc) is 2.56. The highest BCUT2D eigenvalue weighted by Crippen LogP contribution is 2.02. The van der Waals surface area contributed by atoms with Crippen molar-refractivity contribution in [3.63, 3.8) is 0 Å². The lowest BCUT2D eigenvalue weighted by atomic mass is 10.3. The van der Waals surface area contributed by atoms with Crippen LogP contribution in [0.3, 0.4) is 0 Å². The topological polar surface area (TPSA) is 38.0 Å². The number of rotatable bonds is 0. The molecule has 1 saturated heterocycles. The van der Waals surface area contributed by atoms with E-state index in [1.54, 1.807) is 12.1 Å². The zero-order valence-electron chi connectivity index (χ0n) is 8.46. The molecule has 78 valence electrons. The summed E-state index contributed by atoms with van der Waals surface area (Å²) in [5.74, 6) is -0.287. The van der Waals surface area contributed by atoms with Gasteiger partial charge in [-0.05, 0) is 44.5 Å². The normalized spacial score (nSPS) is 20.0. The second-order valence-corrected chi connectivity index (χ2v) is 3.55. The second-order valence-electron chi connectivity index (χ2n) is 3.55. The predicted octanol–water partition coefficient (Wildman–Crippen LogP) is 2.17. The van der Waals surface area contributed by atoms with Gasteiger partial charge in [0.1, 0.15) is 5.82 Å². The molecule has 0 spiro atoms. The molecule has 0 saturated carbocycles. The van der Waals surface area contributed by atoms with Gasteiger partial charge in [-0.2, -0.15) is 0 Å². The fraction of sp³-hybridized carbons (Fsp3) is 0.455. The second kappa shape index (κ2) is 5.60. The van der Waals surface area contributed by atoms with Gasteiger partial charge >= 0.3 is 0 Å². The molecule has 0 aromatic heterocycles. The first-order valence-electron chi connectivity index (χ1n) is 4.93. The predicted molar refractivity (Wildman–Crippen MR) is 57.5 cm³/mol. The number of anilines is 1. The summed E-state index contributed by atoms with van der Waals surface area (Å²) >= 11 is 0. The molecule has 1 atom stereocenters. The van der Waals surface area contributed by atoms with Crippen LogP contribution < -0.4 is 11.1 Å². The molecule has 2 nitrogen and oxygen atoms in total. The Kier molecular flexibility index (Phi) is 4.40. The monoisotopic (exact) mass is 196 g/mol. The van der Waals surface area contributed by atoms with Gasteiger partial charge in [-0.1, -0.05) is 6.07 Å². The van der Waals surface area contributed by atoms with Crippen LogP contribution in [0.15, 0.2) is 24.3 Å². The fourth-order valence-corrected chi connectivity index (χ4v) is 1.37. The van der Waals surface area contributed by atoms with Crippen LogP contribution in [0.2, 0.25) is 0 Å². The molecule has 1 heterocycles. The molecule has 3 N–H and O–H groups in total. The molecular formula is C11H17FN2. The van der Waals surface area contributed by atoms with E-state index in [-0.39, 0.29) is 5.82 Å². The number of hydrogen-bond donors (Lipinski definition) is 2. The minimum absolute atomic E-state index is 0.287. The van der Waals surface area contributed by atoms with E-state index in [0.717, 1.165) is 6.04 Å². The van der Waals surface area contributed by atoms with E-state index in [4.69, 9.17) is 5.73 Å². The van der Waals surface area contributed by atoms with Crippen molar-refractivity contribution in [1.29, 1.82) is 0 Å². The van der Waals surface area contributed by atoms with E-state index in [2.05, 4.69) is 12.2 Å². The highest BCUT2D eigenvalue weighted by molar-refractivity contribution is 5.36. The molecule has 0 radical (unpaired) electrons. The van der Waals surface area contributed by atoms with E-state index in [1.807, 2.05) is 0 Å². The summed E-state index contributed by atoms with van der Waals surface area (Å²) in [6, 6.07) is 6.65. The molecule has 2 rings (SSSR count). The number of halogens is 1. The first-order chi connectivity index (χ1) is 6.68. The molecule has 1 aromatic carbocycles. The fourth-order valence-electron chi connectivity index (χ4n) is 1.37. The molecule has 1 aromatic rings. The Labute approximate surface area is 84.3 Å². The third kappa shape index (κ3) is 4.23. The lowest BCUT2D eigenvalue weighted by Crippen LogP contribution is -2.16. The Bertz CT molecular complexity index is 252. The standard InChI is InChI=1S/C6H6FN.C5H11N/c7-5-2-1-3-6(8)4-5;1-5-3-2-4-6-5/h1-4H,8H2;5-6H,2-4H2,1H3. The number of nitrogens with two attached hydrogens (primary N) is 1. The quantitative estimate of drug-likeness (QED) is 0.624. The van der Waals surface area contributed by atoms with Crippen molar-refractivity contribution in [2.24, 2.45) is 0 Å². The van der Waals surface area contributed by atoms with Crippen LogP contribution in [0, 0.1) is 5.82 Å². The summed E-state index contributed by atoms with van der Waals surface area (Å²) in [5.41, 5.74) is 5.68. The van der Waals surface area contributed by atoms with Crippen LogP contribution in [-0.2, 0) is 0 Å². The van der Waals surface area contributed by atoms with Gasteiger partial charge in [0, 0.05) is 11.7 Å². The zero-order valence-corrected chi connectivity index (χ0v) is 8.46. The minimum Gasteiger partial charge on any atom is -0.399 e. The summed E-state index contributed by atoms with van der Waals surface area (Å²) in [7, 11) is 0. The summed E-state index contributed by atoms with van der Waals surface area (Å²) in [6.45, 7) is 3.47. The average molecular weight is 196 g/mol. The molecule has 0 aliphatic carbocycles. The first kappa shape index (κ1) is 11.0. The van der Waals surface area contributed by atoms with Crippen LogP contribution in [-0.4, -0.2) is 12.6 Å². The van der Waals surface area contributed by atoms with Crippen molar-refractivity contribution >= 4 is 5.69 Å². The smallest absolute Gasteiger partial charge is 0.125 e. The largest absolute Gasteiger partial charge is 0.399 e. The van der Waals surface area contributed by atoms with Crippen molar-refractivity contribution in [2.75, 3.05) is 12.3 Å². The van der Waals surface area contributed by atoms with Crippen LogP contribution >= 0.6 is 0 Å². The van der Waals surface area contributed by atoms with Crippen molar-refractivity contribution < 1.29 is 4.39 Å². The number of nitrogen functional groups attached to an aromatic ring is 1. The van der Waals surface area contributed by atoms with E-state index >= 15 is 0 Å². The first-order valence-corrected chi connectivity index (χ1v) is 4.93. The van der Waals surface area contributed by atoms with Gasteiger partial charge in [-0.15, -0.1) is 0 Å². The molecule has 3 heteroatoms. The van der Waals surface area contributed by atoms with Crippen molar-refractivity contribution in [1.82, 2.24) is 5.32 Å². The summed E-state index contributed by atoms with van der Waals surface area (Å²) < 4.78 is 12.1. The molecule has 14 heavy (non-hydrogen) atoms. The third-order valence-corrected chi connectivity index (χ3v) is 2.16. The molecule has 0 amide bonds. The van der Waals surface area contributed by atoms with Crippen LogP contribution in [0.1, 0.15) is 19.8 Å². The Morgan fingerprint density at radius 2 is 2.29 bits per heavy atom. The number of benzene rings is 1. The van der Waals surface area contributed by atoms with Gasteiger partial charge in [0.2, 0.25) is 0 Å². The number of hydrogen-bond acceptors (Lipinski definition) is 2. The van der Waals surface area contributed by atoms with Crippen LogP contribution in [0.5, 0.6) is 0 Å². The third-order valence-electron chi connectivity index (χ3n) is 2.16. The maximum Gasteiger partial charge on any atom is 0.125 e. The van der Waals surface area contributed by atoms with Crippen molar-refractivity contribution in [2.45, 2.75) is 25.8 Å². The van der Waals surface area contributed by atoms with E-state index < -0.39 is 0 Å². The van der Waals surface area contributed by atoms with Crippen molar-refractivity contribution in [3.05, 3.63) is 30.1 Å². The van der Waals surface area contributed by atoms with Crippen LogP contribution in [0.4, 0.5) is 10.1 Å². The highest BCUT2D eigenvalue weighted by Gasteiger charge is 2.05. The molecule has 1 aliphatic heterocycles. The molecule has 1 fully saturated rings. The lowest BCUT2D eigenvalue weighted by molar-refractivity contribution is 0.628. The lowest BCUT2D eigenvalue weighted by Gasteiger charge is -1.95. The van der Waals surface area contributed by atoms with Gasteiger partial charge < -0.3 is 11.1 Å². The van der Waals surface area contributed by atoms with Crippen molar-refractivity contribution in [3.8, 4) is 0 Å². The Balaban J connectivity index is 0.000000146. The molecule has 1 aliphatic rings. The van der Waals surface area contributed by atoms with Gasteiger partial charge in [-0.25, -0.2) is 4.39 Å². The molecule has 0 bridgehead atoms. The Morgan fingerprint density at radius 3 is 2.57 bits per heavy atom. The highest BCUT2D eigenvalue weighted by atomic mass is 19.1. The SMILES string of the molecule is CC1CCCN1.Nc1cccc(F)c1.